The first kappa shape index (κ1) is 19.3. The number of phenols is 2. The van der Waals surface area contributed by atoms with Crippen LogP contribution < -0.4 is 5.32 Å². The first-order valence-corrected chi connectivity index (χ1v) is 8.85. The standard InChI is InChI=1S/C22H31NO2/c1-21(2,3)17-9-7-11-19(24)15(17)13-23-14-16-18(22(4,5)6)10-8-12-20(16)25/h7-12,23-25H,13-14H2,1-6H3. The second kappa shape index (κ2) is 7.09. The smallest absolute Gasteiger partial charge is 0.120 e. The van der Waals surface area contributed by atoms with Crippen LogP contribution in [0.1, 0.15) is 63.8 Å². The Morgan fingerprint density at radius 3 is 1.36 bits per heavy atom. The van der Waals surface area contributed by atoms with Crippen molar-refractivity contribution in [3.8, 4) is 11.5 Å². The van der Waals surface area contributed by atoms with Crippen LogP contribution in [0.5, 0.6) is 11.5 Å². The fourth-order valence-corrected chi connectivity index (χ4v) is 3.24. The van der Waals surface area contributed by atoms with Gasteiger partial charge in [0.15, 0.2) is 0 Å². The number of nitrogens with one attached hydrogen (secondary N) is 1. The molecule has 2 aromatic rings. The Hall–Kier alpha value is -2.00. The minimum Gasteiger partial charge on any atom is -0.508 e. The topological polar surface area (TPSA) is 52.5 Å². The predicted molar refractivity (Wildman–Crippen MR) is 104 cm³/mol. The second-order valence-electron chi connectivity index (χ2n) is 8.71. The van der Waals surface area contributed by atoms with E-state index in [0.29, 0.717) is 24.6 Å². The van der Waals surface area contributed by atoms with Gasteiger partial charge in [0.1, 0.15) is 11.5 Å². The van der Waals surface area contributed by atoms with Crippen LogP contribution in [-0.2, 0) is 23.9 Å². The average molecular weight is 341 g/mol. The number of rotatable bonds is 4. The molecule has 0 aromatic heterocycles. The van der Waals surface area contributed by atoms with Crippen LogP contribution in [0.15, 0.2) is 36.4 Å². The molecule has 0 atom stereocenters. The van der Waals surface area contributed by atoms with Gasteiger partial charge in [0.2, 0.25) is 0 Å². The Labute approximate surface area is 151 Å². The summed E-state index contributed by atoms with van der Waals surface area (Å²) in [7, 11) is 0. The molecule has 0 radical (unpaired) electrons. The van der Waals surface area contributed by atoms with Gasteiger partial charge in [-0.25, -0.2) is 0 Å². The van der Waals surface area contributed by atoms with Crippen LogP contribution in [0.4, 0.5) is 0 Å². The second-order valence-corrected chi connectivity index (χ2v) is 8.71. The van der Waals surface area contributed by atoms with Crippen molar-refractivity contribution in [1.29, 1.82) is 0 Å². The van der Waals surface area contributed by atoms with Crippen LogP contribution in [0, 0.1) is 0 Å². The molecule has 25 heavy (non-hydrogen) atoms. The lowest BCUT2D eigenvalue weighted by molar-refractivity contribution is 0.449. The zero-order valence-electron chi connectivity index (χ0n) is 16.3. The monoisotopic (exact) mass is 341 g/mol. The summed E-state index contributed by atoms with van der Waals surface area (Å²) in [5.74, 6) is 0.626. The summed E-state index contributed by atoms with van der Waals surface area (Å²) in [5, 5.41) is 24.0. The van der Waals surface area contributed by atoms with Gasteiger partial charge in [0, 0.05) is 24.2 Å². The maximum Gasteiger partial charge on any atom is 0.120 e. The van der Waals surface area contributed by atoms with Gasteiger partial charge in [-0.2, -0.15) is 0 Å². The first-order chi connectivity index (χ1) is 11.5. The van der Waals surface area contributed by atoms with E-state index in [-0.39, 0.29) is 10.8 Å². The molecule has 0 amide bonds. The molecule has 0 aliphatic rings. The maximum absolute atomic E-state index is 10.3. The molecule has 3 heteroatoms. The SMILES string of the molecule is CC(C)(C)c1cccc(O)c1CNCc1c(O)cccc1C(C)(C)C. The molecule has 0 aliphatic carbocycles. The van der Waals surface area contributed by atoms with Crippen molar-refractivity contribution in [3.63, 3.8) is 0 Å². The van der Waals surface area contributed by atoms with E-state index >= 15 is 0 Å². The van der Waals surface area contributed by atoms with Gasteiger partial charge in [0.05, 0.1) is 0 Å². The molecule has 2 aromatic carbocycles. The van der Waals surface area contributed by atoms with Crippen molar-refractivity contribution in [3.05, 3.63) is 58.7 Å². The van der Waals surface area contributed by atoms with Crippen molar-refractivity contribution in [2.45, 2.75) is 65.5 Å². The van der Waals surface area contributed by atoms with E-state index in [4.69, 9.17) is 0 Å². The van der Waals surface area contributed by atoms with Crippen molar-refractivity contribution >= 4 is 0 Å². The van der Waals surface area contributed by atoms with Gasteiger partial charge in [-0.15, -0.1) is 0 Å². The molecule has 0 aliphatic heterocycles. The third-order valence-corrected chi connectivity index (χ3v) is 4.52. The van der Waals surface area contributed by atoms with Crippen LogP contribution in [0.3, 0.4) is 0 Å². The van der Waals surface area contributed by atoms with Crippen LogP contribution in [0.25, 0.3) is 0 Å². The Morgan fingerprint density at radius 2 is 1.04 bits per heavy atom. The zero-order valence-corrected chi connectivity index (χ0v) is 16.3. The number of hydrogen-bond acceptors (Lipinski definition) is 3. The number of hydrogen-bond donors (Lipinski definition) is 3. The van der Waals surface area contributed by atoms with Crippen molar-refractivity contribution in [1.82, 2.24) is 5.32 Å². The summed E-state index contributed by atoms with van der Waals surface area (Å²) in [4.78, 5) is 0. The highest BCUT2D eigenvalue weighted by Crippen LogP contribution is 2.33. The molecule has 136 valence electrons. The van der Waals surface area contributed by atoms with Crippen molar-refractivity contribution < 1.29 is 10.2 Å². The van der Waals surface area contributed by atoms with Gasteiger partial charge in [-0.05, 0) is 34.1 Å². The molecule has 0 fully saturated rings. The van der Waals surface area contributed by atoms with Crippen molar-refractivity contribution in [2.75, 3.05) is 0 Å². The first-order valence-electron chi connectivity index (χ1n) is 8.85. The molecule has 0 spiro atoms. The van der Waals surface area contributed by atoms with Crippen LogP contribution >= 0.6 is 0 Å². The molecule has 3 nitrogen and oxygen atoms in total. The molecule has 0 bridgehead atoms. The summed E-state index contributed by atoms with van der Waals surface area (Å²) in [6, 6.07) is 11.4. The number of benzene rings is 2. The third kappa shape index (κ3) is 4.55. The molecule has 0 saturated heterocycles. The van der Waals surface area contributed by atoms with E-state index in [1.54, 1.807) is 12.1 Å². The predicted octanol–water partition coefficient (Wildman–Crippen LogP) is 4.98. The Kier molecular flexibility index (Phi) is 5.48. The molecule has 0 saturated carbocycles. The highest BCUT2D eigenvalue weighted by atomic mass is 16.3. The molecular formula is C22H31NO2. The van der Waals surface area contributed by atoms with Gasteiger partial charge in [0.25, 0.3) is 0 Å². The fourth-order valence-electron chi connectivity index (χ4n) is 3.24. The minimum absolute atomic E-state index is 0.0405. The summed E-state index contributed by atoms with van der Waals surface area (Å²) in [5.41, 5.74) is 4.02. The van der Waals surface area contributed by atoms with E-state index in [0.717, 1.165) is 22.3 Å². The molecule has 3 N–H and O–H groups in total. The fraction of sp³-hybridized carbons (Fsp3) is 0.455. The normalized spacial score (nSPS) is 12.4. The van der Waals surface area contributed by atoms with Gasteiger partial charge in [-0.3, -0.25) is 0 Å². The van der Waals surface area contributed by atoms with E-state index in [2.05, 4.69) is 59.0 Å². The lowest BCUT2D eigenvalue weighted by Gasteiger charge is -2.25. The van der Waals surface area contributed by atoms with Gasteiger partial charge < -0.3 is 15.5 Å². The van der Waals surface area contributed by atoms with Crippen molar-refractivity contribution in [2.24, 2.45) is 0 Å². The summed E-state index contributed by atoms with van der Waals surface area (Å²) in [6.07, 6.45) is 0. The quantitative estimate of drug-likeness (QED) is 0.735. The summed E-state index contributed by atoms with van der Waals surface area (Å²) in [6.45, 7) is 14.0. The summed E-state index contributed by atoms with van der Waals surface area (Å²) < 4.78 is 0. The largest absolute Gasteiger partial charge is 0.508 e. The molecular weight excluding hydrogens is 310 g/mol. The molecule has 0 heterocycles. The number of phenolic OH excluding ortho intramolecular Hbond substituents is 2. The van der Waals surface area contributed by atoms with E-state index < -0.39 is 0 Å². The van der Waals surface area contributed by atoms with E-state index in [1.807, 2.05) is 12.1 Å². The van der Waals surface area contributed by atoms with Crippen LogP contribution in [0.2, 0.25) is 0 Å². The Bertz CT molecular complexity index is 673. The van der Waals surface area contributed by atoms with E-state index in [1.165, 1.54) is 0 Å². The lowest BCUT2D eigenvalue weighted by atomic mass is 9.83. The van der Waals surface area contributed by atoms with Gasteiger partial charge in [-0.1, -0.05) is 65.8 Å². The minimum atomic E-state index is -0.0405. The lowest BCUT2D eigenvalue weighted by Crippen LogP contribution is -2.22. The number of aromatic hydroxyl groups is 2. The zero-order chi connectivity index (χ0) is 18.8. The third-order valence-electron chi connectivity index (χ3n) is 4.52. The maximum atomic E-state index is 10.3. The van der Waals surface area contributed by atoms with Gasteiger partial charge >= 0.3 is 0 Å². The Balaban J connectivity index is 2.24. The highest BCUT2D eigenvalue weighted by molar-refractivity contribution is 5.44. The Morgan fingerprint density at radius 1 is 0.680 bits per heavy atom. The van der Waals surface area contributed by atoms with E-state index in [9.17, 15) is 10.2 Å². The average Bonchev–Trinajstić information content (AvgIpc) is 2.48. The molecule has 2 rings (SSSR count). The summed E-state index contributed by atoms with van der Waals surface area (Å²) >= 11 is 0. The van der Waals surface area contributed by atoms with Crippen LogP contribution in [-0.4, -0.2) is 10.2 Å². The highest BCUT2D eigenvalue weighted by Gasteiger charge is 2.22. The molecule has 0 unspecified atom stereocenters.